The van der Waals surface area contributed by atoms with E-state index < -0.39 is 0 Å². The summed E-state index contributed by atoms with van der Waals surface area (Å²) in [5, 5.41) is 0.837. The topological polar surface area (TPSA) is 109 Å². The van der Waals surface area contributed by atoms with Crippen LogP contribution in [0.5, 0.6) is 0 Å². The molecule has 0 radical (unpaired) electrons. The first-order chi connectivity index (χ1) is 18.8. The Kier molecular flexibility index (Phi) is 34.2. The van der Waals surface area contributed by atoms with Gasteiger partial charge in [0.1, 0.15) is 6.61 Å². The Bertz CT molecular complexity index is 461. The van der Waals surface area contributed by atoms with Crippen molar-refractivity contribution < 1.29 is 52.2 Å². The summed E-state index contributed by atoms with van der Waals surface area (Å²) in [5.74, 6) is -0.157. The van der Waals surface area contributed by atoms with Gasteiger partial charge in [-0.3, -0.25) is 4.79 Å². The maximum absolute atomic E-state index is 11.4. The molecule has 0 unspecified atom stereocenters. The minimum atomic E-state index is -0.157. The van der Waals surface area contributed by atoms with Gasteiger partial charge in [-0.15, -0.1) is 0 Å². The summed E-state index contributed by atoms with van der Waals surface area (Å²) in [6, 6.07) is 0. The molecule has 0 aliphatic rings. The molecule has 0 aromatic rings. The molecule has 0 atom stereocenters. The van der Waals surface area contributed by atoms with Crippen LogP contribution >= 0.6 is 15.9 Å². The number of hydrogen-bond acceptors (Lipinski definition) is 11. The summed E-state index contributed by atoms with van der Waals surface area (Å²) in [7, 11) is 0. The molecule has 0 heterocycles. The summed E-state index contributed by atoms with van der Waals surface area (Å²) in [6.07, 6.45) is 3.51. The third-order valence-electron chi connectivity index (χ3n) is 4.67. The van der Waals surface area contributed by atoms with Gasteiger partial charge in [0.25, 0.3) is 0 Å². The predicted octanol–water partition coefficient (Wildman–Crippen LogP) is 2.65. The highest BCUT2D eigenvalue weighted by atomic mass is 79.9. The molecular weight excluding hydrogens is 568 g/mol. The summed E-state index contributed by atoms with van der Waals surface area (Å²) in [4.78, 5) is 11.4. The highest BCUT2D eigenvalue weighted by Crippen LogP contribution is 2.00. The zero-order valence-electron chi connectivity index (χ0n) is 23.3. The molecule has 0 saturated heterocycles. The van der Waals surface area contributed by atoms with E-state index in [0.717, 1.165) is 24.6 Å². The molecule has 0 saturated carbocycles. The number of rotatable bonds is 33. The molecule has 0 spiro atoms. The van der Waals surface area contributed by atoms with E-state index in [2.05, 4.69) is 22.9 Å². The van der Waals surface area contributed by atoms with Gasteiger partial charge in [0, 0.05) is 11.8 Å². The van der Waals surface area contributed by atoms with Gasteiger partial charge in [-0.2, -0.15) is 0 Å². The predicted molar refractivity (Wildman–Crippen MR) is 146 cm³/mol. The molecule has 0 aromatic carbocycles. The second-order valence-corrected chi connectivity index (χ2v) is 8.67. The molecule has 38 heavy (non-hydrogen) atoms. The molecule has 228 valence electrons. The van der Waals surface area contributed by atoms with Gasteiger partial charge in [-0.05, 0) is 6.42 Å². The van der Waals surface area contributed by atoms with Crippen LogP contribution in [0.15, 0.2) is 0 Å². The molecule has 0 aliphatic carbocycles. The van der Waals surface area contributed by atoms with Crippen LogP contribution in [0.3, 0.4) is 0 Å². The average molecular weight is 620 g/mol. The van der Waals surface area contributed by atoms with Crippen molar-refractivity contribution in [2.75, 3.05) is 131 Å². The largest absolute Gasteiger partial charge is 0.463 e. The van der Waals surface area contributed by atoms with E-state index in [1.54, 1.807) is 0 Å². The van der Waals surface area contributed by atoms with Crippen LogP contribution in [-0.4, -0.2) is 137 Å². The van der Waals surface area contributed by atoms with E-state index in [1.807, 2.05) is 0 Å². The fraction of sp³-hybridized carbons (Fsp3) is 0.962. The lowest BCUT2D eigenvalue weighted by Crippen LogP contribution is -2.15. The molecule has 0 fully saturated rings. The first kappa shape index (κ1) is 37.6. The summed E-state index contributed by atoms with van der Waals surface area (Å²) in [5.41, 5.74) is 0. The molecule has 12 heteroatoms. The van der Waals surface area contributed by atoms with Crippen molar-refractivity contribution >= 4 is 21.9 Å². The number of ether oxygens (including phenoxy) is 10. The summed E-state index contributed by atoms with van der Waals surface area (Å²) in [6.45, 7) is 11.8. The van der Waals surface area contributed by atoms with E-state index in [0.29, 0.717) is 125 Å². The quantitative estimate of drug-likeness (QED) is 0.0615. The highest BCUT2D eigenvalue weighted by molar-refractivity contribution is 9.09. The van der Waals surface area contributed by atoms with Gasteiger partial charge in [-0.1, -0.05) is 35.7 Å². The van der Waals surface area contributed by atoms with Gasteiger partial charge in [-0.25, -0.2) is 0 Å². The maximum Gasteiger partial charge on any atom is 0.305 e. The Morgan fingerprint density at radius 2 is 0.737 bits per heavy atom. The number of hydrogen-bond donors (Lipinski definition) is 0. The SMILES string of the molecule is CCCCCC(=O)OCCOCCOCCOCCOCCOCCOCCOCCOCCOCCBr. The van der Waals surface area contributed by atoms with E-state index in [9.17, 15) is 4.79 Å². The van der Waals surface area contributed by atoms with Gasteiger partial charge >= 0.3 is 5.97 Å². The third-order valence-corrected chi connectivity index (χ3v) is 5.00. The van der Waals surface area contributed by atoms with Crippen molar-refractivity contribution in [3.8, 4) is 0 Å². The van der Waals surface area contributed by atoms with E-state index in [4.69, 9.17) is 47.4 Å². The molecule has 0 N–H and O–H groups in total. The Morgan fingerprint density at radius 3 is 1.03 bits per heavy atom. The first-order valence-electron chi connectivity index (χ1n) is 13.7. The zero-order chi connectivity index (χ0) is 27.6. The normalized spacial score (nSPS) is 11.3. The monoisotopic (exact) mass is 618 g/mol. The summed E-state index contributed by atoms with van der Waals surface area (Å²) < 4.78 is 53.7. The van der Waals surface area contributed by atoms with Crippen molar-refractivity contribution in [3.63, 3.8) is 0 Å². The number of esters is 1. The van der Waals surface area contributed by atoms with Crippen LogP contribution in [-0.2, 0) is 52.2 Å². The van der Waals surface area contributed by atoms with Crippen molar-refractivity contribution in [1.29, 1.82) is 0 Å². The number of carbonyl (C=O) groups is 1. The number of carbonyl (C=O) groups excluding carboxylic acids is 1. The Morgan fingerprint density at radius 1 is 0.447 bits per heavy atom. The lowest BCUT2D eigenvalue weighted by atomic mass is 10.2. The maximum atomic E-state index is 11.4. The smallest absolute Gasteiger partial charge is 0.305 e. The van der Waals surface area contributed by atoms with E-state index in [1.165, 1.54) is 0 Å². The fourth-order valence-corrected chi connectivity index (χ4v) is 2.95. The molecule has 11 nitrogen and oxygen atoms in total. The zero-order valence-corrected chi connectivity index (χ0v) is 24.9. The van der Waals surface area contributed by atoms with Crippen molar-refractivity contribution in [1.82, 2.24) is 0 Å². The average Bonchev–Trinajstić information content (AvgIpc) is 2.92. The number of unbranched alkanes of at least 4 members (excludes halogenated alkanes) is 2. The standard InChI is InChI=1S/C26H51BrO11/c1-2-3-4-5-26(28)38-25-24-37-23-22-36-21-20-35-19-18-34-17-16-33-15-14-32-13-12-31-11-10-30-9-8-29-7-6-27/h2-25H2,1H3. The van der Waals surface area contributed by atoms with Crippen LogP contribution in [0.4, 0.5) is 0 Å². The van der Waals surface area contributed by atoms with Gasteiger partial charge in [0.05, 0.1) is 119 Å². The lowest BCUT2D eigenvalue weighted by Gasteiger charge is -2.09. The molecule has 0 amide bonds. The Labute approximate surface area is 237 Å². The second kappa shape index (κ2) is 34.6. The summed E-state index contributed by atoms with van der Waals surface area (Å²) >= 11 is 3.30. The third kappa shape index (κ3) is 33.6. The minimum Gasteiger partial charge on any atom is -0.463 e. The Hall–Kier alpha value is -0.410. The van der Waals surface area contributed by atoms with Crippen molar-refractivity contribution in [2.24, 2.45) is 0 Å². The number of alkyl halides is 1. The fourth-order valence-electron chi connectivity index (χ4n) is 2.72. The first-order valence-corrected chi connectivity index (χ1v) is 14.8. The lowest BCUT2D eigenvalue weighted by molar-refractivity contribution is -0.145. The highest BCUT2D eigenvalue weighted by Gasteiger charge is 2.01. The molecule has 0 rings (SSSR count). The van der Waals surface area contributed by atoms with Gasteiger partial charge in [0.15, 0.2) is 0 Å². The van der Waals surface area contributed by atoms with E-state index >= 15 is 0 Å². The van der Waals surface area contributed by atoms with Crippen LogP contribution in [0, 0.1) is 0 Å². The van der Waals surface area contributed by atoms with Crippen molar-refractivity contribution in [3.05, 3.63) is 0 Å². The molecule has 0 aromatic heterocycles. The van der Waals surface area contributed by atoms with Crippen LogP contribution in [0.25, 0.3) is 0 Å². The second-order valence-electron chi connectivity index (χ2n) is 7.88. The van der Waals surface area contributed by atoms with Crippen LogP contribution in [0.2, 0.25) is 0 Å². The van der Waals surface area contributed by atoms with E-state index in [-0.39, 0.29) is 12.6 Å². The van der Waals surface area contributed by atoms with Gasteiger partial charge < -0.3 is 47.4 Å². The Balaban J connectivity index is 3.06. The molecule has 0 aliphatic heterocycles. The van der Waals surface area contributed by atoms with Crippen molar-refractivity contribution in [2.45, 2.75) is 32.6 Å². The van der Waals surface area contributed by atoms with Crippen LogP contribution < -0.4 is 0 Å². The van der Waals surface area contributed by atoms with Crippen LogP contribution in [0.1, 0.15) is 32.6 Å². The molecule has 0 bridgehead atoms. The number of halogens is 1. The minimum absolute atomic E-state index is 0.157. The van der Waals surface area contributed by atoms with Gasteiger partial charge in [0.2, 0.25) is 0 Å². The molecular formula is C26H51BrO11.